The van der Waals surface area contributed by atoms with Crippen molar-refractivity contribution in [2.45, 2.75) is 45.3 Å². The summed E-state index contributed by atoms with van der Waals surface area (Å²) in [5.74, 6) is 0. The van der Waals surface area contributed by atoms with Crippen LogP contribution in [0.3, 0.4) is 0 Å². The summed E-state index contributed by atoms with van der Waals surface area (Å²) >= 11 is 6.24. The molecule has 1 aliphatic carbocycles. The third kappa shape index (κ3) is 6.07. The quantitative estimate of drug-likeness (QED) is 0.394. The van der Waals surface area contributed by atoms with Gasteiger partial charge < -0.3 is 10.6 Å². The zero-order chi connectivity index (χ0) is 21.5. The Kier molecular flexibility index (Phi) is 7.58. The van der Waals surface area contributed by atoms with Gasteiger partial charge in [-0.1, -0.05) is 78.3 Å². The number of nitrogens with one attached hydrogen (secondary N) is 2. The Bertz CT molecular complexity index is 1030. The Morgan fingerprint density at radius 2 is 1.71 bits per heavy atom. The summed E-state index contributed by atoms with van der Waals surface area (Å²) in [6.07, 6.45) is 5.64. The number of hydrogen-bond acceptors (Lipinski definition) is 2. The third-order valence-electron chi connectivity index (χ3n) is 6.02. The molecule has 0 spiro atoms. The van der Waals surface area contributed by atoms with Gasteiger partial charge in [0.05, 0.1) is 0 Å². The lowest BCUT2D eigenvalue weighted by molar-refractivity contribution is 0.581. The molecule has 1 atom stereocenters. The highest BCUT2D eigenvalue weighted by Crippen LogP contribution is 2.31. The van der Waals surface area contributed by atoms with Crippen LogP contribution in [-0.4, -0.2) is 6.54 Å². The van der Waals surface area contributed by atoms with E-state index in [9.17, 15) is 0 Å². The van der Waals surface area contributed by atoms with Crippen molar-refractivity contribution in [1.82, 2.24) is 10.6 Å². The van der Waals surface area contributed by atoms with Gasteiger partial charge in [-0.2, -0.15) is 0 Å². The number of fused-ring (bicyclic) bond motifs is 1. The van der Waals surface area contributed by atoms with E-state index in [2.05, 4.69) is 90.4 Å². The maximum Gasteiger partial charge on any atom is 0.0412 e. The van der Waals surface area contributed by atoms with Crippen LogP contribution in [0, 0.1) is 0 Å². The molecule has 0 radical (unpaired) electrons. The second-order valence-corrected chi connectivity index (χ2v) is 8.77. The van der Waals surface area contributed by atoms with Crippen molar-refractivity contribution in [1.29, 1.82) is 0 Å². The molecule has 3 aromatic carbocycles. The number of benzene rings is 3. The Morgan fingerprint density at radius 3 is 2.58 bits per heavy atom. The minimum Gasteiger partial charge on any atom is -0.310 e. The van der Waals surface area contributed by atoms with Crippen LogP contribution in [0.5, 0.6) is 0 Å². The normalized spacial score (nSPS) is 14.1. The van der Waals surface area contributed by atoms with Crippen LogP contribution in [0.1, 0.15) is 53.6 Å². The van der Waals surface area contributed by atoms with E-state index in [-0.39, 0.29) is 0 Å². The first kappa shape index (κ1) is 21.8. The van der Waals surface area contributed by atoms with Crippen LogP contribution < -0.4 is 10.6 Å². The molecule has 31 heavy (non-hydrogen) atoms. The fourth-order valence-corrected chi connectivity index (χ4v) is 4.45. The standard InChI is InChI=1S/C28H31ClN2/c1-21(31-16-15-25-11-6-10-24-13-14-27(29)18-28(24)25)26-12-5-9-23(17-26)20-30-19-22-7-3-2-4-8-22/h2-5,7-9,11-14,17-18,21,30-31H,6,10,15-16,19-20H2,1H3. The Hall–Kier alpha value is -2.39. The molecule has 0 aliphatic heterocycles. The van der Waals surface area contributed by atoms with Gasteiger partial charge in [0, 0.05) is 24.2 Å². The molecule has 0 bridgehead atoms. The molecule has 0 aromatic heterocycles. The van der Waals surface area contributed by atoms with E-state index in [0.29, 0.717) is 6.04 Å². The van der Waals surface area contributed by atoms with Crippen molar-refractivity contribution >= 4 is 17.2 Å². The van der Waals surface area contributed by atoms with E-state index >= 15 is 0 Å². The topological polar surface area (TPSA) is 24.1 Å². The van der Waals surface area contributed by atoms with E-state index in [0.717, 1.165) is 43.9 Å². The lowest BCUT2D eigenvalue weighted by Gasteiger charge is -2.20. The summed E-state index contributed by atoms with van der Waals surface area (Å²) in [6.45, 7) is 4.96. The molecule has 1 aliphatic rings. The number of rotatable bonds is 9. The van der Waals surface area contributed by atoms with Crippen LogP contribution in [0.2, 0.25) is 5.02 Å². The van der Waals surface area contributed by atoms with E-state index in [4.69, 9.17) is 11.6 Å². The van der Waals surface area contributed by atoms with Crippen molar-refractivity contribution in [2.75, 3.05) is 6.54 Å². The molecule has 3 heteroatoms. The molecule has 0 saturated carbocycles. The summed E-state index contributed by atoms with van der Waals surface area (Å²) in [7, 11) is 0. The molecule has 0 fully saturated rings. The highest BCUT2D eigenvalue weighted by molar-refractivity contribution is 6.30. The van der Waals surface area contributed by atoms with Gasteiger partial charge in [0.25, 0.3) is 0 Å². The first-order valence-corrected chi connectivity index (χ1v) is 11.6. The molecule has 0 heterocycles. The Labute approximate surface area is 191 Å². The molecular formula is C28H31ClN2. The number of allylic oxidation sites excluding steroid dienone is 1. The molecular weight excluding hydrogens is 400 g/mol. The molecule has 0 saturated heterocycles. The SMILES string of the molecule is CC(NCCC1=CCCc2ccc(Cl)cc21)c1cccc(CNCc2ccccc2)c1. The average molecular weight is 431 g/mol. The maximum absolute atomic E-state index is 6.24. The first-order valence-electron chi connectivity index (χ1n) is 11.2. The lowest BCUT2D eigenvalue weighted by Crippen LogP contribution is -2.21. The van der Waals surface area contributed by atoms with Crippen molar-refractivity contribution in [2.24, 2.45) is 0 Å². The highest BCUT2D eigenvalue weighted by Gasteiger charge is 2.13. The highest BCUT2D eigenvalue weighted by atomic mass is 35.5. The van der Waals surface area contributed by atoms with Gasteiger partial charge in [-0.05, 0) is 78.3 Å². The van der Waals surface area contributed by atoms with Crippen LogP contribution in [-0.2, 0) is 19.5 Å². The van der Waals surface area contributed by atoms with Gasteiger partial charge >= 0.3 is 0 Å². The predicted octanol–water partition coefficient (Wildman–Crippen LogP) is 6.70. The molecule has 2 nitrogen and oxygen atoms in total. The lowest BCUT2D eigenvalue weighted by atomic mass is 9.89. The number of hydrogen-bond donors (Lipinski definition) is 2. The molecule has 1 unspecified atom stereocenters. The first-order chi connectivity index (χ1) is 15.2. The van der Waals surface area contributed by atoms with Gasteiger partial charge in [-0.3, -0.25) is 0 Å². The number of aryl methyl sites for hydroxylation is 1. The fraction of sp³-hybridized carbons (Fsp3) is 0.286. The molecule has 160 valence electrons. The molecule has 3 aromatic rings. The zero-order valence-corrected chi connectivity index (χ0v) is 19.0. The fourth-order valence-electron chi connectivity index (χ4n) is 4.27. The summed E-state index contributed by atoms with van der Waals surface area (Å²) in [6, 6.07) is 26.0. The van der Waals surface area contributed by atoms with E-state index in [1.807, 2.05) is 6.07 Å². The van der Waals surface area contributed by atoms with E-state index < -0.39 is 0 Å². The van der Waals surface area contributed by atoms with Crippen molar-refractivity contribution in [3.05, 3.63) is 112 Å². The van der Waals surface area contributed by atoms with Crippen molar-refractivity contribution in [3.63, 3.8) is 0 Å². The Morgan fingerprint density at radius 1 is 0.903 bits per heavy atom. The minimum atomic E-state index is 0.317. The minimum absolute atomic E-state index is 0.317. The van der Waals surface area contributed by atoms with Gasteiger partial charge in [-0.15, -0.1) is 0 Å². The van der Waals surface area contributed by atoms with Crippen molar-refractivity contribution in [3.8, 4) is 0 Å². The van der Waals surface area contributed by atoms with Crippen LogP contribution in [0.25, 0.3) is 5.57 Å². The Balaban J connectivity index is 1.28. The van der Waals surface area contributed by atoms with Crippen LogP contribution in [0.4, 0.5) is 0 Å². The van der Waals surface area contributed by atoms with E-state index in [1.165, 1.54) is 33.4 Å². The largest absolute Gasteiger partial charge is 0.310 e. The molecule has 2 N–H and O–H groups in total. The average Bonchev–Trinajstić information content (AvgIpc) is 2.80. The van der Waals surface area contributed by atoms with Crippen molar-refractivity contribution < 1.29 is 0 Å². The van der Waals surface area contributed by atoms with E-state index in [1.54, 1.807) is 0 Å². The summed E-state index contributed by atoms with van der Waals surface area (Å²) in [5, 5.41) is 8.08. The monoisotopic (exact) mass is 430 g/mol. The third-order valence-corrected chi connectivity index (χ3v) is 6.25. The van der Waals surface area contributed by atoms with Crippen LogP contribution in [0.15, 0.2) is 78.9 Å². The predicted molar refractivity (Wildman–Crippen MR) is 132 cm³/mol. The summed E-state index contributed by atoms with van der Waals surface area (Å²) in [4.78, 5) is 0. The van der Waals surface area contributed by atoms with Gasteiger partial charge in [-0.25, -0.2) is 0 Å². The zero-order valence-electron chi connectivity index (χ0n) is 18.2. The smallest absolute Gasteiger partial charge is 0.0412 e. The summed E-state index contributed by atoms with van der Waals surface area (Å²) in [5.41, 5.74) is 8.14. The second-order valence-electron chi connectivity index (χ2n) is 8.33. The summed E-state index contributed by atoms with van der Waals surface area (Å²) < 4.78 is 0. The van der Waals surface area contributed by atoms with Crippen LogP contribution >= 0.6 is 11.6 Å². The molecule has 4 rings (SSSR count). The maximum atomic E-state index is 6.24. The van der Waals surface area contributed by atoms with Gasteiger partial charge in [0.1, 0.15) is 0 Å². The van der Waals surface area contributed by atoms with Gasteiger partial charge in [0.15, 0.2) is 0 Å². The van der Waals surface area contributed by atoms with Gasteiger partial charge in [0.2, 0.25) is 0 Å². The number of halogens is 1. The molecule has 0 amide bonds. The second kappa shape index (κ2) is 10.8.